The van der Waals surface area contributed by atoms with Crippen molar-refractivity contribution in [3.8, 4) is 22.8 Å². The minimum atomic E-state index is -0.888. The van der Waals surface area contributed by atoms with Gasteiger partial charge in [-0.25, -0.2) is 4.79 Å². The Morgan fingerprint density at radius 1 is 1.00 bits per heavy atom. The molecule has 184 valence electrons. The predicted octanol–water partition coefficient (Wildman–Crippen LogP) is 6.51. The van der Waals surface area contributed by atoms with Gasteiger partial charge in [-0.1, -0.05) is 47.1 Å². The fourth-order valence-electron chi connectivity index (χ4n) is 3.47. The van der Waals surface area contributed by atoms with Crippen LogP contribution < -0.4 is 10.1 Å². The van der Waals surface area contributed by atoms with Crippen molar-refractivity contribution in [2.75, 3.05) is 11.9 Å². The Balaban J connectivity index is 1.37. The van der Waals surface area contributed by atoms with Gasteiger partial charge in [0.15, 0.2) is 5.76 Å². The Kier molecular flexibility index (Phi) is 7.87. The van der Waals surface area contributed by atoms with Gasteiger partial charge >= 0.3 is 12.1 Å². The molecule has 0 bridgehead atoms. The van der Waals surface area contributed by atoms with Crippen molar-refractivity contribution in [3.05, 3.63) is 94.6 Å². The molecule has 4 aromatic rings. The molecule has 1 heterocycles. The van der Waals surface area contributed by atoms with Crippen LogP contribution in [0.4, 0.5) is 10.5 Å². The number of hydrogen-bond acceptors (Lipinski definition) is 6. The molecule has 2 N–H and O–H groups in total. The molecule has 36 heavy (non-hydrogen) atoms. The number of carboxylic acids is 1. The van der Waals surface area contributed by atoms with Gasteiger partial charge in [0.25, 0.3) is 0 Å². The zero-order chi connectivity index (χ0) is 25.5. The molecule has 0 saturated carbocycles. The molecule has 3 aromatic carbocycles. The summed E-state index contributed by atoms with van der Waals surface area (Å²) in [6.45, 7) is 1.89. The Morgan fingerprint density at radius 3 is 2.33 bits per heavy atom. The average Bonchev–Trinajstić information content (AvgIpc) is 3.21. The first-order valence-corrected chi connectivity index (χ1v) is 11.5. The SMILES string of the molecule is Cc1noc(-c2ccc(Oc3ccc(CC(=O)O)cc3)cc2)c1NC(=O)OCCc1ccccc1Cl. The van der Waals surface area contributed by atoms with Gasteiger partial charge in [0.05, 0.1) is 13.0 Å². The second-order valence-electron chi connectivity index (χ2n) is 7.92. The summed E-state index contributed by atoms with van der Waals surface area (Å²) in [6.07, 6.45) is -0.177. The molecule has 0 radical (unpaired) electrons. The molecule has 0 aliphatic rings. The summed E-state index contributed by atoms with van der Waals surface area (Å²) in [5.74, 6) is 0.657. The van der Waals surface area contributed by atoms with Gasteiger partial charge in [0, 0.05) is 17.0 Å². The van der Waals surface area contributed by atoms with Crippen molar-refractivity contribution in [2.45, 2.75) is 19.8 Å². The number of ether oxygens (including phenoxy) is 2. The van der Waals surface area contributed by atoms with E-state index in [1.165, 1.54) is 0 Å². The topological polar surface area (TPSA) is 111 Å². The van der Waals surface area contributed by atoms with Gasteiger partial charge in [-0.2, -0.15) is 0 Å². The van der Waals surface area contributed by atoms with Crippen molar-refractivity contribution in [3.63, 3.8) is 0 Å². The van der Waals surface area contributed by atoms with Crippen LogP contribution in [0.3, 0.4) is 0 Å². The van der Waals surface area contributed by atoms with Gasteiger partial charge in [-0.05, 0) is 60.5 Å². The monoisotopic (exact) mass is 506 g/mol. The summed E-state index contributed by atoms with van der Waals surface area (Å²) in [4.78, 5) is 23.2. The van der Waals surface area contributed by atoms with Gasteiger partial charge in [0.2, 0.25) is 0 Å². The van der Waals surface area contributed by atoms with E-state index in [2.05, 4.69) is 10.5 Å². The fourth-order valence-corrected chi connectivity index (χ4v) is 3.70. The minimum Gasteiger partial charge on any atom is -0.481 e. The van der Waals surface area contributed by atoms with Gasteiger partial charge in [0.1, 0.15) is 22.9 Å². The van der Waals surface area contributed by atoms with E-state index in [1.54, 1.807) is 61.5 Å². The summed E-state index contributed by atoms with van der Waals surface area (Å²) < 4.78 is 16.6. The Morgan fingerprint density at radius 2 is 1.67 bits per heavy atom. The number of carbonyl (C=O) groups is 2. The lowest BCUT2D eigenvalue weighted by Crippen LogP contribution is -2.16. The minimum absolute atomic E-state index is 0.0448. The lowest BCUT2D eigenvalue weighted by Gasteiger charge is -2.09. The van der Waals surface area contributed by atoms with Crippen LogP contribution in [0, 0.1) is 6.92 Å². The van der Waals surface area contributed by atoms with Crippen LogP contribution in [0.1, 0.15) is 16.8 Å². The highest BCUT2D eigenvalue weighted by atomic mass is 35.5. The van der Waals surface area contributed by atoms with Crippen molar-refractivity contribution < 1.29 is 28.7 Å². The zero-order valence-electron chi connectivity index (χ0n) is 19.4. The number of nitrogens with one attached hydrogen (secondary N) is 1. The van der Waals surface area contributed by atoms with Crippen LogP contribution >= 0.6 is 11.6 Å². The number of nitrogens with zero attached hydrogens (tertiary/aromatic N) is 1. The first-order valence-electron chi connectivity index (χ1n) is 11.1. The maximum Gasteiger partial charge on any atom is 0.411 e. The number of anilines is 1. The third kappa shape index (κ3) is 6.43. The molecule has 0 spiro atoms. The third-order valence-corrected chi connectivity index (χ3v) is 5.65. The molecule has 4 rings (SSSR count). The molecule has 0 atom stereocenters. The van der Waals surface area contributed by atoms with E-state index in [-0.39, 0.29) is 13.0 Å². The van der Waals surface area contributed by atoms with Gasteiger partial charge in [-0.15, -0.1) is 0 Å². The van der Waals surface area contributed by atoms with Crippen LogP contribution in [-0.4, -0.2) is 28.9 Å². The van der Waals surface area contributed by atoms with Crippen molar-refractivity contribution >= 4 is 29.4 Å². The zero-order valence-corrected chi connectivity index (χ0v) is 20.1. The number of halogens is 1. The molecular weight excluding hydrogens is 484 g/mol. The van der Waals surface area contributed by atoms with E-state index in [0.717, 1.165) is 5.56 Å². The van der Waals surface area contributed by atoms with Gasteiger partial charge in [-0.3, -0.25) is 10.1 Å². The van der Waals surface area contributed by atoms with Crippen LogP contribution in [0.25, 0.3) is 11.3 Å². The standard InChI is InChI=1S/C27H23ClN2O6/c1-17-25(29-27(33)34-15-14-19-4-2-3-5-23(19)28)26(36-30-17)20-8-12-22(13-9-20)35-21-10-6-18(7-11-21)16-24(31)32/h2-13H,14-16H2,1H3,(H,29,33)(H,31,32). The number of carbonyl (C=O) groups excluding carboxylic acids is 1. The Labute approximate surface area is 212 Å². The Bertz CT molecular complexity index is 1350. The highest BCUT2D eigenvalue weighted by Gasteiger charge is 2.18. The fraction of sp³-hybridized carbons (Fsp3) is 0.148. The number of aliphatic carboxylic acids is 1. The second kappa shape index (κ2) is 11.4. The van der Waals surface area contributed by atoms with E-state index < -0.39 is 12.1 Å². The number of carboxylic acid groups (broad SMARTS) is 1. The van der Waals surface area contributed by atoms with E-state index in [4.69, 9.17) is 30.7 Å². The van der Waals surface area contributed by atoms with Gasteiger partial charge < -0.3 is 19.1 Å². The number of amides is 1. The molecular formula is C27H23ClN2O6. The second-order valence-corrected chi connectivity index (χ2v) is 8.32. The normalized spacial score (nSPS) is 10.6. The average molecular weight is 507 g/mol. The molecule has 0 aliphatic heterocycles. The number of benzene rings is 3. The largest absolute Gasteiger partial charge is 0.481 e. The van der Waals surface area contributed by atoms with E-state index in [1.807, 2.05) is 18.2 Å². The molecule has 9 heteroatoms. The lowest BCUT2D eigenvalue weighted by atomic mass is 10.1. The smallest absolute Gasteiger partial charge is 0.411 e. The molecule has 0 aliphatic carbocycles. The van der Waals surface area contributed by atoms with Crippen molar-refractivity contribution in [1.82, 2.24) is 5.16 Å². The maximum atomic E-state index is 12.4. The lowest BCUT2D eigenvalue weighted by molar-refractivity contribution is -0.136. The van der Waals surface area contributed by atoms with Crippen molar-refractivity contribution in [1.29, 1.82) is 0 Å². The summed E-state index contributed by atoms with van der Waals surface area (Å²) in [6, 6.07) is 21.3. The highest BCUT2D eigenvalue weighted by molar-refractivity contribution is 6.31. The van der Waals surface area contributed by atoms with Crippen LogP contribution in [0.15, 0.2) is 77.3 Å². The first kappa shape index (κ1) is 24.8. The summed E-state index contributed by atoms with van der Waals surface area (Å²) in [7, 11) is 0. The third-order valence-electron chi connectivity index (χ3n) is 5.28. The molecule has 0 saturated heterocycles. The summed E-state index contributed by atoms with van der Waals surface area (Å²) >= 11 is 6.14. The predicted molar refractivity (Wildman–Crippen MR) is 135 cm³/mol. The number of aryl methyl sites for hydroxylation is 1. The highest BCUT2D eigenvalue weighted by Crippen LogP contribution is 2.33. The number of hydrogen-bond donors (Lipinski definition) is 2. The van der Waals surface area contributed by atoms with Crippen molar-refractivity contribution in [2.24, 2.45) is 0 Å². The van der Waals surface area contributed by atoms with Crippen LogP contribution in [-0.2, 0) is 22.4 Å². The van der Waals surface area contributed by atoms with E-state index in [0.29, 0.717) is 51.2 Å². The molecule has 1 aromatic heterocycles. The quantitative estimate of drug-likeness (QED) is 0.266. The first-order chi connectivity index (χ1) is 17.4. The Hall–Kier alpha value is -4.30. The molecule has 0 fully saturated rings. The summed E-state index contributed by atoms with van der Waals surface area (Å²) in [5, 5.41) is 16.2. The molecule has 0 unspecified atom stereocenters. The van der Waals surface area contributed by atoms with E-state index in [9.17, 15) is 9.59 Å². The van der Waals surface area contributed by atoms with E-state index >= 15 is 0 Å². The molecule has 1 amide bonds. The maximum absolute atomic E-state index is 12.4. The van der Waals surface area contributed by atoms with Crippen LogP contribution in [0.2, 0.25) is 5.02 Å². The number of rotatable bonds is 9. The summed E-state index contributed by atoms with van der Waals surface area (Å²) in [5.41, 5.74) is 3.20. The van der Waals surface area contributed by atoms with Crippen LogP contribution in [0.5, 0.6) is 11.5 Å². The number of aromatic nitrogens is 1. The molecule has 8 nitrogen and oxygen atoms in total.